The highest BCUT2D eigenvalue weighted by molar-refractivity contribution is 14.0. The van der Waals surface area contributed by atoms with Crippen molar-refractivity contribution in [2.45, 2.75) is 56.3 Å². The molecular weight excluding hydrogens is 416 g/mol. The van der Waals surface area contributed by atoms with E-state index in [2.05, 4.69) is 10.3 Å². The van der Waals surface area contributed by atoms with Crippen LogP contribution in [0.15, 0.2) is 29.3 Å². The number of guanidine groups is 1. The van der Waals surface area contributed by atoms with Crippen LogP contribution >= 0.6 is 35.6 Å². The first-order valence-corrected chi connectivity index (χ1v) is 7.98. The molecule has 0 spiro atoms. The Morgan fingerprint density at radius 2 is 2.00 bits per heavy atom. The van der Waals surface area contributed by atoms with Crippen LogP contribution < -0.4 is 11.1 Å². The number of alkyl halides is 1. The molecular formula is C16H22ClFIN3. The molecule has 2 saturated carbocycles. The van der Waals surface area contributed by atoms with Gasteiger partial charge in [0, 0.05) is 23.9 Å². The summed E-state index contributed by atoms with van der Waals surface area (Å²) in [5.74, 6) is 0.458. The van der Waals surface area contributed by atoms with Gasteiger partial charge in [-0.05, 0) is 30.5 Å². The van der Waals surface area contributed by atoms with E-state index in [0.717, 1.165) is 12.8 Å². The van der Waals surface area contributed by atoms with Gasteiger partial charge in [-0.1, -0.05) is 36.6 Å². The van der Waals surface area contributed by atoms with Crippen LogP contribution in [-0.2, 0) is 5.67 Å². The predicted molar refractivity (Wildman–Crippen MR) is 99.7 cm³/mol. The molecule has 0 heterocycles. The van der Waals surface area contributed by atoms with E-state index in [-0.39, 0.29) is 30.0 Å². The molecule has 0 bridgehead atoms. The van der Waals surface area contributed by atoms with Crippen LogP contribution in [0.25, 0.3) is 0 Å². The quantitative estimate of drug-likeness (QED) is 0.424. The van der Waals surface area contributed by atoms with Gasteiger partial charge in [-0.2, -0.15) is 0 Å². The molecule has 0 aromatic heterocycles. The Labute approximate surface area is 152 Å². The number of halogens is 3. The molecule has 3 rings (SSSR count). The summed E-state index contributed by atoms with van der Waals surface area (Å²) in [6, 6.07) is 7.44. The largest absolute Gasteiger partial charge is 0.370 e. The fourth-order valence-electron chi connectivity index (χ4n) is 3.30. The topological polar surface area (TPSA) is 50.4 Å². The molecule has 1 aromatic rings. The van der Waals surface area contributed by atoms with Crippen molar-refractivity contribution in [2.24, 2.45) is 10.7 Å². The van der Waals surface area contributed by atoms with Gasteiger partial charge in [-0.3, -0.25) is 4.99 Å². The van der Waals surface area contributed by atoms with Gasteiger partial charge in [0.15, 0.2) is 5.96 Å². The highest BCUT2D eigenvalue weighted by atomic mass is 127. The second kappa shape index (κ2) is 7.34. The van der Waals surface area contributed by atoms with Gasteiger partial charge in [0.2, 0.25) is 0 Å². The first-order valence-electron chi connectivity index (χ1n) is 7.60. The number of rotatable bonds is 3. The minimum absolute atomic E-state index is 0. The second-order valence-corrected chi connectivity index (χ2v) is 6.61. The molecule has 0 saturated heterocycles. The van der Waals surface area contributed by atoms with Crippen molar-refractivity contribution in [3.63, 3.8) is 0 Å². The van der Waals surface area contributed by atoms with Crippen LogP contribution in [0.1, 0.15) is 44.1 Å². The van der Waals surface area contributed by atoms with Gasteiger partial charge in [0.05, 0.1) is 6.04 Å². The van der Waals surface area contributed by atoms with E-state index >= 15 is 0 Å². The minimum atomic E-state index is -1.30. The minimum Gasteiger partial charge on any atom is -0.370 e. The number of nitrogens with one attached hydrogen (secondary N) is 1. The third kappa shape index (κ3) is 4.04. The Morgan fingerprint density at radius 1 is 1.32 bits per heavy atom. The Kier molecular flexibility index (Phi) is 5.94. The molecule has 6 heteroatoms. The van der Waals surface area contributed by atoms with Gasteiger partial charge >= 0.3 is 0 Å². The summed E-state index contributed by atoms with van der Waals surface area (Å²) in [4.78, 5) is 4.47. The van der Waals surface area contributed by atoms with Gasteiger partial charge < -0.3 is 11.1 Å². The van der Waals surface area contributed by atoms with E-state index in [9.17, 15) is 4.39 Å². The molecule has 2 aliphatic carbocycles. The molecule has 0 unspecified atom stereocenters. The molecule has 1 aromatic carbocycles. The van der Waals surface area contributed by atoms with Crippen molar-refractivity contribution in [3.05, 3.63) is 34.9 Å². The summed E-state index contributed by atoms with van der Waals surface area (Å²) in [5.41, 5.74) is 5.27. The first kappa shape index (κ1) is 17.8. The van der Waals surface area contributed by atoms with Gasteiger partial charge in [-0.25, -0.2) is 4.39 Å². The van der Waals surface area contributed by atoms with Crippen molar-refractivity contribution in [1.82, 2.24) is 5.32 Å². The zero-order valence-electron chi connectivity index (χ0n) is 12.4. The summed E-state index contributed by atoms with van der Waals surface area (Å²) in [6.07, 6.45) is 5.51. The summed E-state index contributed by atoms with van der Waals surface area (Å²) >= 11 is 5.93. The molecule has 0 aliphatic heterocycles. The van der Waals surface area contributed by atoms with E-state index in [4.69, 9.17) is 17.3 Å². The Morgan fingerprint density at radius 3 is 2.64 bits per heavy atom. The van der Waals surface area contributed by atoms with Gasteiger partial charge in [0.25, 0.3) is 0 Å². The number of benzene rings is 1. The molecule has 0 amide bonds. The van der Waals surface area contributed by atoms with Crippen molar-refractivity contribution in [2.75, 3.05) is 0 Å². The number of hydrogen-bond acceptors (Lipinski definition) is 1. The number of aliphatic imine (C=N–C) groups is 1. The van der Waals surface area contributed by atoms with Crippen LogP contribution in [0.5, 0.6) is 0 Å². The van der Waals surface area contributed by atoms with Gasteiger partial charge in [0.1, 0.15) is 5.67 Å². The third-order valence-corrected chi connectivity index (χ3v) is 4.72. The predicted octanol–water partition coefficient (Wildman–Crippen LogP) is 4.13. The van der Waals surface area contributed by atoms with Crippen LogP contribution in [0.2, 0.25) is 5.02 Å². The van der Waals surface area contributed by atoms with Crippen molar-refractivity contribution < 1.29 is 4.39 Å². The van der Waals surface area contributed by atoms with Crippen LogP contribution in [0.3, 0.4) is 0 Å². The third-order valence-electron chi connectivity index (χ3n) is 4.48. The fraction of sp³-hybridized carbons (Fsp3) is 0.562. The van der Waals surface area contributed by atoms with Crippen molar-refractivity contribution in [1.29, 1.82) is 0 Å². The summed E-state index contributed by atoms with van der Waals surface area (Å²) in [5, 5.41) is 3.71. The highest BCUT2D eigenvalue weighted by Crippen LogP contribution is 2.45. The molecule has 0 atom stereocenters. The maximum atomic E-state index is 14.7. The number of hydrogen-bond donors (Lipinski definition) is 2. The molecule has 2 aliphatic rings. The number of nitrogens with two attached hydrogens (primary N) is 1. The SMILES string of the molecule is I.NC(=NC1CCCC1)NC1CC(F)(c2cccc(Cl)c2)C1. The zero-order chi connectivity index (χ0) is 14.9. The molecule has 122 valence electrons. The van der Waals surface area contributed by atoms with Crippen LogP contribution in [0, 0.1) is 0 Å². The average Bonchev–Trinajstić information content (AvgIpc) is 2.89. The fourth-order valence-corrected chi connectivity index (χ4v) is 3.49. The molecule has 2 fully saturated rings. The van der Waals surface area contributed by atoms with Crippen molar-refractivity contribution >= 4 is 41.5 Å². The zero-order valence-corrected chi connectivity index (χ0v) is 15.5. The standard InChI is InChI=1S/C16H21ClFN3.HI/c17-12-5-3-4-11(8-12)16(18)9-14(10-16)21-15(19)20-13-6-1-2-7-13;/h3-5,8,13-14H,1-2,6-7,9-10H2,(H3,19,20,21);1H. The van der Waals surface area contributed by atoms with E-state index in [0.29, 0.717) is 35.4 Å². The lowest BCUT2D eigenvalue weighted by molar-refractivity contribution is 0.0326. The first-order chi connectivity index (χ1) is 10.0. The van der Waals surface area contributed by atoms with E-state index < -0.39 is 5.67 Å². The lowest BCUT2D eigenvalue weighted by Gasteiger charge is -2.42. The summed E-state index contributed by atoms with van der Waals surface area (Å²) < 4.78 is 14.7. The molecule has 0 radical (unpaired) electrons. The van der Waals surface area contributed by atoms with E-state index in [1.54, 1.807) is 24.3 Å². The smallest absolute Gasteiger partial charge is 0.189 e. The van der Waals surface area contributed by atoms with Gasteiger partial charge in [-0.15, -0.1) is 24.0 Å². The van der Waals surface area contributed by atoms with E-state index in [1.807, 2.05) is 0 Å². The Hall–Kier alpha value is -0.560. The monoisotopic (exact) mass is 437 g/mol. The van der Waals surface area contributed by atoms with Crippen LogP contribution in [0.4, 0.5) is 4.39 Å². The lowest BCUT2D eigenvalue weighted by atomic mass is 9.73. The maximum Gasteiger partial charge on any atom is 0.189 e. The highest BCUT2D eigenvalue weighted by Gasteiger charge is 2.46. The average molecular weight is 438 g/mol. The Balaban J connectivity index is 0.00000176. The lowest BCUT2D eigenvalue weighted by Crippen LogP contribution is -2.53. The van der Waals surface area contributed by atoms with Crippen LogP contribution in [-0.4, -0.2) is 18.0 Å². The van der Waals surface area contributed by atoms with E-state index in [1.165, 1.54) is 12.8 Å². The maximum absolute atomic E-state index is 14.7. The molecule has 3 N–H and O–H groups in total. The normalized spacial score (nSPS) is 28.8. The second-order valence-electron chi connectivity index (χ2n) is 6.18. The molecule has 22 heavy (non-hydrogen) atoms. The summed E-state index contributed by atoms with van der Waals surface area (Å²) in [7, 11) is 0. The number of nitrogens with zero attached hydrogens (tertiary/aromatic N) is 1. The summed E-state index contributed by atoms with van der Waals surface area (Å²) in [6.45, 7) is 0. The van der Waals surface area contributed by atoms with Crippen molar-refractivity contribution in [3.8, 4) is 0 Å². The Bertz CT molecular complexity index is 540. The molecule has 3 nitrogen and oxygen atoms in total.